The van der Waals surface area contributed by atoms with Gasteiger partial charge in [-0.25, -0.2) is 0 Å². The maximum absolute atomic E-state index is 8.99. The lowest BCUT2D eigenvalue weighted by Gasteiger charge is -2.32. The third-order valence-corrected chi connectivity index (χ3v) is 3.04. The molecule has 0 spiro atoms. The molecular formula is C12H17N3O2. The Kier molecular flexibility index (Phi) is 4.15. The molecule has 5 heteroatoms. The van der Waals surface area contributed by atoms with Gasteiger partial charge in [-0.2, -0.15) is 5.26 Å². The number of aliphatic hydroxyl groups excluding tert-OH is 1. The van der Waals surface area contributed by atoms with Crippen LogP contribution in [-0.2, 0) is 6.61 Å². The van der Waals surface area contributed by atoms with Gasteiger partial charge in [-0.3, -0.25) is 4.90 Å². The SMILES string of the molecule is N#CC[C@H](c1ccc(CO)o1)N1CCNCC1. The summed E-state index contributed by atoms with van der Waals surface area (Å²) >= 11 is 0. The van der Waals surface area contributed by atoms with Gasteiger partial charge in [0.05, 0.1) is 18.5 Å². The first kappa shape index (κ1) is 12.1. The van der Waals surface area contributed by atoms with E-state index in [0.717, 1.165) is 31.9 Å². The molecule has 2 rings (SSSR count). The molecule has 1 aromatic heterocycles. The second-order valence-electron chi connectivity index (χ2n) is 4.13. The highest BCUT2D eigenvalue weighted by molar-refractivity contribution is 5.12. The molecule has 0 unspecified atom stereocenters. The highest BCUT2D eigenvalue weighted by Crippen LogP contribution is 2.26. The van der Waals surface area contributed by atoms with Crippen molar-refractivity contribution in [2.45, 2.75) is 19.1 Å². The van der Waals surface area contributed by atoms with Gasteiger partial charge in [0.15, 0.2) is 0 Å². The maximum atomic E-state index is 8.99. The van der Waals surface area contributed by atoms with Gasteiger partial charge in [0.1, 0.15) is 18.1 Å². The lowest BCUT2D eigenvalue weighted by molar-refractivity contribution is 0.151. The minimum Gasteiger partial charge on any atom is -0.462 e. The van der Waals surface area contributed by atoms with Crippen molar-refractivity contribution in [2.75, 3.05) is 26.2 Å². The van der Waals surface area contributed by atoms with Crippen LogP contribution >= 0.6 is 0 Å². The van der Waals surface area contributed by atoms with Crippen molar-refractivity contribution < 1.29 is 9.52 Å². The maximum Gasteiger partial charge on any atom is 0.129 e. The van der Waals surface area contributed by atoms with Gasteiger partial charge < -0.3 is 14.8 Å². The summed E-state index contributed by atoms with van der Waals surface area (Å²) in [6.07, 6.45) is 0.415. The summed E-state index contributed by atoms with van der Waals surface area (Å²) in [5, 5.41) is 21.2. The van der Waals surface area contributed by atoms with Crippen molar-refractivity contribution in [1.29, 1.82) is 5.26 Å². The molecule has 1 atom stereocenters. The van der Waals surface area contributed by atoms with E-state index in [1.165, 1.54) is 0 Å². The highest BCUT2D eigenvalue weighted by atomic mass is 16.4. The average Bonchev–Trinajstić information content (AvgIpc) is 2.85. The average molecular weight is 235 g/mol. The molecule has 92 valence electrons. The Morgan fingerprint density at radius 1 is 1.47 bits per heavy atom. The van der Waals surface area contributed by atoms with E-state index in [1.54, 1.807) is 6.07 Å². The fourth-order valence-electron chi connectivity index (χ4n) is 2.15. The van der Waals surface area contributed by atoms with Gasteiger partial charge >= 0.3 is 0 Å². The van der Waals surface area contributed by atoms with E-state index in [1.807, 2.05) is 6.07 Å². The van der Waals surface area contributed by atoms with E-state index < -0.39 is 0 Å². The van der Waals surface area contributed by atoms with E-state index in [2.05, 4.69) is 16.3 Å². The number of nitrogens with zero attached hydrogens (tertiary/aromatic N) is 2. The quantitative estimate of drug-likeness (QED) is 0.801. The van der Waals surface area contributed by atoms with Gasteiger partial charge in [-0.1, -0.05) is 0 Å². The van der Waals surface area contributed by atoms with Crippen molar-refractivity contribution in [3.63, 3.8) is 0 Å². The topological polar surface area (TPSA) is 72.4 Å². The van der Waals surface area contributed by atoms with Gasteiger partial charge in [0, 0.05) is 26.2 Å². The molecule has 2 heterocycles. The van der Waals surface area contributed by atoms with Crippen molar-refractivity contribution in [3.8, 4) is 6.07 Å². The van der Waals surface area contributed by atoms with E-state index in [0.29, 0.717) is 12.2 Å². The normalized spacial score (nSPS) is 18.8. The lowest BCUT2D eigenvalue weighted by atomic mass is 10.1. The summed E-state index contributed by atoms with van der Waals surface area (Å²) in [4.78, 5) is 2.25. The van der Waals surface area contributed by atoms with E-state index in [-0.39, 0.29) is 12.6 Å². The Hall–Kier alpha value is -1.35. The molecule has 0 saturated carbocycles. The summed E-state index contributed by atoms with van der Waals surface area (Å²) in [7, 11) is 0. The van der Waals surface area contributed by atoms with Crippen LogP contribution in [0.15, 0.2) is 16.5 Å². The first-order chi connectivity index (χ1) is 8.35. The Morgan fingerprint density at radius 2 is 2.24 bits per heavy atom. The number of nitrogens with one attached hydrogen (secondary N) is 1. The van der Waals surface area contributed by atoms with Crippen molar-refractivity contribution in [3.05, 3.63) is 23.7 Å². The zero-order chi connectivity index (χ0) is 12.1. The van der Waals surface area contributed by atoms with Gasteiger partial charge in [0.2, 0.25) is 0 Å². The van der Waals surface area contributed by atoms with Crippen LogP contribution in [0.3, 0.4) is 0 Å². The molecule has 1 fully saturated rings. The molecular weight excluding hydrogens is 218 g/mol. The number of hydrogen-bond donors (Lipinski definition) is 2. The fourth-order valence-corrected chi connectivity index (χ4v) is 2.15. The number of furan rings is 1. The first-order valence-corrected chi connectivity index (χ1v) is 5.86. The molecule has 0 radical (unpaired) electrons. The van der Waals surface area contributed by atoms with Crippen molar-refractivity contribution >= 4 is 0 Å². The second kappa shape index (κ2) is 5.82. The molecule has 1 aromatic rings. The van der Waals surface area contributed by atoms with Gasteiger partial charge in [-0.15, -0.1) is 0 Å². The summed E-state index contributed by atoms with van der Waals surface area (Å²) in [5.74, 6) is 1.33. The molecule has 0 aromatic carbocycles. The zero-order valence-corrected chi connectivity index (χ0v) is 9.72. The lowest BCUT2D eigenvalue weighted by Crippen LogP contribution is -2.45. The fraction of sp³-hybridized carbons (Fsp3) is 0.583. The Bertz CT molecular complexity index is 391. The predicted molar refractivity (Wildman–Crippen MR) is 62.0 cm³/mol. The van der Waals surface area contributed by atoms with Gasteiger partial charge in [0.25, 0.3) is 0 Å². The number of rotatable bonds is 4. The summed E-state index contributed by atoms with van der Waals surface area (Å²) < 4.78 is 5.54. The smallest absolute Gasteiger partial charge is 0.129 e. The van der Waals surface area contributed by atoms with Crippen molar-refractivity contribution in [1.82, 2.24) is 10.2 Å². The highest BCUT2D eigenvalue weighted by Gasteiger charge is 2.24. The zero-order valence-electron chi connectivity index (χ0n) is 9.72. The number of aliphatic hydroxyl groups is 1. The summed E-state index contributed by atoms with van der Waals surface area (Å²) in [6.45, 7) is 3.62. The predicted octanol–water partition coefficient (Wildman–Crippen LogP) is 0.632. The minimum absolute atomic E-state index is 0.00222. The monoisotopic (exact) mass is 235 g/mol. The van der Waals surface area contributed by atoms with Crippen LogP contribution in [0.1, 0.15) is 24.0 Å². The number of nitriles is 1. The largest absolute Gasteiger partial charge is 0.462 e. The van der Waals surface area contributed by atoms with E-state index in [4.69, 9.17) is 14.8 Å². The molecule has 0 bridgehead atoms. The Balaban J connectivity index is 2.12. The summed E-state index contributed by atoms with van der Waals surface area (Å²) in [6, 6.07) is 5.83. The van der Waals surface area contributed by atoms with E-state index in [9.17, 15) is 0 Å². The number of piperazine rings is 1. The van der Waals surface area contributed by atoms with Crippen molar-refractivity contribution in [2.24, 2.45) is 0 Å². The second-order valence-corrected chi connectivity index (χ2v) is 4.13. The Morgan fingerprint density at radius 3 is 2.82 bits per heavy atom. The van der Waals surface area contributed by atoms with Crippen LogP contribution in [-0.4, -0.2) is 36.2 Å². The minimum atomic E-state index is -0.0964. The van der Waals surface area contributed by atoms with Crippen LogP contribution in [0, 0.1) is 11.3 Å². The van der Waals surface area contributed by atoms with E-state index >= 15 is 0 Å². The molecule has 1 saturated heterocycles. The standard InChI is InChI=1S/C12H17N3O2/c13-4-3-11(15-7-5-14-6-8-15)12-2-1-10(9-16)17-12/h1-2,11,14,16H,3,5-9H2/t11-/m1/s1. The summed E-state index contributed by atoms with van der Waals surface area (Å²) in [5.41, 5.74) is 0. The van der Waals surface area contributed by atoms with Gasteiger partial charge in [-0.05, 0) is 12.1 Å². The molecule has 2 N–H and O–H groups in total. The first-order valence-electron chi connectivity index (χ1n) is 5.86. The third kappa shape index (κ3) is 2.86. The molecule has 1 aliphatic rings. The number of hydrogen-bond acceptors (Lipinski definition) is 5. The van der Waals surface area contributed by atoms with Crippen LogP contribution in [0.5, 0.6) is 0 Å². The molecule has 0 amide bonds. The van der Waals surface area contributed by atoms with Crippen LogP contribution in [0.25, 0.3) is 0 Å². The Labute approximate surface area is 101 Å². The molecule has 0 aliphatic carbocycles. The van der Waals surface area contributed by atoms with Crippen LogP contribution < -0.4 is 5.32 Å². The van der Waals surface area contributed by atoms with Crippen LogP contribution in [0.2, 0.25) is 0 Å². The molecule has 5 nitrogen and oxygen atoms in total. The molecule has 1 aliphatic heterocycles. The third-order valence-electron chi connectivity index (χ3n) is 3.04. The van der Waals surface area contributed by atoms with Crippen LogP contribution in [0.4, 0.5) is 0 Å². The molecule has 17 heavy (non-hydrogen) atoms.